The third-order valence-electron chi connectivity index (χ3n) is 4.43. The summed E-state index contributed by atoms with van der Waals surface area (Å²) in [5.41, 5.74) is 0.847. The van der Waals surface area contributed by atoms with E-state index < -0.39 is 5.97 Å². The number of thiophene rings is 1. The molecule has 0 saturated carbocycles. The van der Waals surface area contributed by atoms with Crippen LogP contribution in [0.4, 0.5) is 5.69 Å². The van der Waals surface area contributed by atoms with Gasteiger partial charge >= 0.3 is 5.97 Å². The second-order valence-electron chi connectivity index (χ2n) is 6.53. The van der Waals surface area contributed by atoms with Crippen molar-refractivity contribution < 1.29 is 14.3 Å². The van der Waals surface area contributed by atoms with Crippen LogP contribution in [0, 0.1) is 0 Å². The number of carbonyl (C=O) groups is 2. The highest BCUT2D eigenvalue weighted by Gasteiger charge is 2.14. The number of fused-ring (bicyclic) bond motifs is 1. The SMILES string of the molecule is Cn1nc(CC(=O)Oc2ccc(NC(=O)c3cccs3)cc2)c2ccccc2c1=O. The van der Waals surface area contributed by atoms with E-state index in [2.05, 4.69) is 10.4 Å². The fraction of sp³-hybridized carbons (Fsp3) is 0.0909. The molecule has 0 aliphatic rings. The average molecular weight is 419 g/mol. The smallest absolute Gasteiger partial charge is 0.317 e. The molecule has 0 saturated heterocycles. The summed E-state index contributed by atoms with van der Waals surface area (Å²) in [7, 11) is 1.55. The van der Waals surface area contributed by atoms with Gasteiger partial charge < -0.3 is 10.1 Å². The number of esters is 1. The number of carbonyl (C=O) groups excluding carboxylic acids is 2. The Morgan fingerprint density at radius 2 is 1.77 bits per heavy atom. The zero-order chi connectivity index (χ0) is 21.1. The minimum atomic E-state index is -0.498. The topological polar surface area (TPSA) is 90.3 Å². The van der Waals surface area contributed by atoms with Crippen LogP contribution in [0.5, 0.6) is 5.75 Å². The van der Waals surface area contributed by atoms with Crippen molar-refractivity contribution in [3.63, 3.8) is 0 Å². The standard InChI is InChI=1S/C22H17N3O4S/c1-25-22(28)17-6-3-2-5-16(17)18(24-25)13-20(26)29-15-10-8-14(9-11-15)23-21(27)19-7-4-12-30-19/h2-12H,13H2,1H3,(H,23,27). The summed E-state index contributed by atoms with van der Waals surface area (Å²) >= 11 is 1.36. The maximum absolute atomic E-state index is 12.4. The lowest BCUT2D eigenvalue weighted by Gasteiger charge is -2.09. The summed E-state index contributed by atoms with van der Waals surface area (Å²) in [6, 6.07) is 17.1. The Hall–Kier alpha value is -3.78. The van der Waals surface area contributed by atoms with E-state index in [1.807, 2.05) is 11.4 Å². The largest absolute Gasteiger partial charge is 0.426 e. The van der Waals surface area contributed by atoms with Crippen LogP contribution in [0.1, 0.15) is 15.4 Å². The number of hydrogen-bond donors (Lipinski definition) is 1. The van der Waals surface area contributed by atoms with Crippen molar-refractivity contribution in [2.75, 3.05) is 5.32 Å². The molecule has 0 atom stereocenters. The van der Waals surface area contributed by atoms with Crippen LogP contribution in [0.3, 0.4) is 0 Å². The molecular weight excluding hydrogens is 402 g/mol. The molecular formula is C22H17N3O4S. The van der Waals surface area contributed by atoms with Crippen molar-refractivity contribution in [2.24, 2.45) is 7.05 Å². The number of aromatic nitrogens is 2. The van der Waals surface area contributed by atoms with Gasteiger partial charge in [-0.1, -0.05) is 24.3 Å². The number of hydrogen-bond acceptors (Lipinski definition) is 6. The quantitative estimate of drug-likeness (QED) is 0.396. The van der Waals surface area contributed by atoms with Crippen LogP contribution in [0.15, 0.2) is 70.8 Å². The van der Waals surface area contributed by atoms with Crippen molar-refractivity contribution in [2.45, 2.75) is 6.42 Å². The van der Waals surface area contributed by atoms with E-state index in [4.69, 9.17) is 4.74 Å². The second kappa shape index (κ2) is 8.30. The number of rotatable bonds is 5. The fourth-order valence-electron chi connectivity index (χ4n) is 3.02. The zero-order valence-electron chi connectivity index (χ0n) is 16.0. The molecule has 1 N–H and O–H groups in total. The van der Waals surface area contributed by atoms with E-state index in [-0.39, 0.29) is 17.9 Å². The van der Waals surface area contributed by atoms with Gasteiger partial charge in [-0.05, 0) is 41.8 Å². The first-order valence-corrected chi connectivity index (χ1v) is 10.00. The van der Waals surface area contributed by atoms with Gasteiger partial charge in [-0.25, -0.2) is 4.68 Å². The lowest BCUT2D eigenvalue weighted by Crippen LogP contribution is -2.23. The lowest BCUT2D eigenvalue weighted by atomic mass is 10.1. The molecule has 0 aliphatic carbocycles. The molecule has 0 aliphatic heterocycles. The van der Waals surface area contributed by atoms with Crippen LogP contribution in [-0.2, 0) is 18.3 Å². The maximum atomic E-state index is 12.4. The molecule has 30 heavy (non-hydrogen) atoms. The summed E-state index contributed by atoms with van der Waals surface area (Å²) in [6.45, 7) is 0. The molecule has 0 spiro atoms. The highest BCUT2D eigenvalue weighted by molar-refractivity contribution is 7.12. The van der Waals surface area contributed by atoms with Crippen LogP contribution in [0.2, 0.25) is 0 Å². The molecule has 7 nitrogen and oxygen atoms in total. The van der Waals surface area contributed by atoms with Gasteiger partial charge in [0.1, 0.15) is 5.75 Å². The Balaban J connectivity index is 1.45. The molecule has 2 aromatic carbocycles. The summed E-state index contributed by atoms with van der Waals surface area (Å²) in [5.74, 6) is -0.340. The normalized spacial score (nSPS) is 10.7. The van der Waals surface area contributed by atoms with Crippen molar-refractivity contribution in [1.82, 2.24) is 9.78 Å². The molecule has 0 fully saturated rings. The van der Waals surface area contributed by atoms with Crippen LogP contribution in [-0.4, -0.2) is 21.7 Å². The molecule has 0 unspecified atom stereocenters. The lowest BCUT2D eigenvalue weighted by molar-refractivity contribution is -0.133. The Morgan fingerprint density at radius 1 is 1.03 bits per heavy atom. The highest BCUT2D eigenvalue weighted by atomic mass is 32.1. The van der Waals surface area contributed by atoms with Crippen molar-refractivity contribution in [3.05, 3.63) is 87.0 Å². The van der Waals surface area contributed by atoms with Crippen LogP contribution < -0.4 is 15.6 Å². The van der Waals surface area contributed by atoms with Crippen molar-refractivity contribution in [1.29, 1.82) is 0 Å². The molecule has 1 amide bonds. The molecule has 2 heterocycles. The summed E-state index contributed by atoms with van der Waals surface area (Å²) < 4.78 is 6.61. The number of amides is 1. The molecule has 2 aromatic heterocycles. The summed E-state index contributed by atoms with van der Waals surface area (Å²) in [5, 5.41) is 9.96. The maximum Gasteiger partial charge on any atom is 0.317 e. The Labute approximate surface area is 175 Å². The summed E-state index contributed by atoms with van der Waals surface area (Å²) in [4.78, 5) is 37.3. The predicted octanol–water partition coefficient (Wildman–Crippen LogP) is 3.40. The van der Waals surface area contributed by atoms with Gasteiger partial charge in [-0.15, -0.1) is 11.3 Å². The van der Waals surface area contributed by atoms with E-state index in [0.717, 1.165) is 0 Å². The average Bonchev–Trinajstić information content (AvgIpc) is 3.28. The molecule has 4 aromatic rings. The predicted molar refractivity (Wildman–Crippen MR) is 115 cm³/mol. The molecule has 150 valence electrons. The van der Waals surface area contributed by atoms with Gasteiger partial charge in [0.15, 0.2) is 0 Å². The van der Waals surface area contributed by atoms with Crippen LogP contribution in [0.25, 0.3) is 10.8 Å². The van der Waals surface area contributed by atoms with E-state index in [0.29, 0.717) is 32.8 Å². The second-order valence-corrected chi connectivity index (χ2v) is 7.48. The summed E-state index contributed by atoms with van der Waals surface area (Å²) in [6.07, 6.45) is -0.0779. The number of benzene rings is 2. The third-order valence-corrected chi connectivity index (χ3v) is 5.30. The monoisotopic (exact) mass is 419 g/mol. The zero-order valence-corrected chi connectivity index (χ0v) is 16.8. The van der Waals surface area contributed by atoms with Crippen molar-refractivity contribution in [3.8, 4) is 5.75 Å². The van der Waals surface area contributed by atoms with Gasteiger partial charge in [0.25, 0.3) is 11.5 Å². The number of nitrogens with one attached hydrogen (secondary N) is 1. The first kappa shape index (κ1) is 19.5. The minimum Gasteiger partial charge on any atom is -0.426 e. The van der Waals surface area contributed by atoms with Gasteiger partial charge in [0, 0.05) is 18.1 Å². The molecule has 4 rings (SSSR count). The van der Waals surface area contributed by atoms with E-state index in [9.17, 15) is 14.4 Å². The first-order valence-electron chi connectivity index (χ1n) is 9.12. The fourth-order valence-corrected chi connectivity index (χ4v) is 3.64. The molecule has 0 radical (unpaired) electrons. The number of nitrogens with zero attached hydrogens (tertiary/aromatic N) is 2. The van der Waals surface area contributed by atoms with Crippen LogP contribution >= 0.6 is 11.3 Å². The highest BCUT2D eigenvalue weighted by Crippen LogP contribution is 2.19. The van der Waals surface area contributed by atoms with Gasteiger partial charge in [0.2, 0.25) is 0 Å². The van der Waals surface area contributed by atoms with E-state index in [1.165, 1.54) is 16.0 Å². The van der Waals surface area contributed by atoms with Gasteiger partial charge in [-0.2, -0.15) is 5.10 Å². The minimum absolute atomic E-state index is 0.0779. The molecule has 0 bridgehead atoms. The van der Waals surface area contributed by atoms with E-state index in [1.54, 1.807) is 61.6 Å². The number of anilines is 1. The number of ether oxygens (including phenoxy) is 1. The van der Waals surface area contributed by atoms with Gasteiger partial charge in [-0.3, -0.25) is 14.4 Å². The van der Waals surface area contributed by atoms with Crippen molar-refractivity contribution >= 4 is 39.7 Å². The Bertz CT molecular complexity index is 1280. The Morgan fingerprint density at radius 3 is 2.47 bits per heavy atom. The third kappa shape index (κ3) is 4.13. The first-order chi connectivity index (χ1) is 14.5. The van der Waals surface area contributed by atoms with Gasteiger partial charge in [0.05, 0.1) is 22.4 Å². The number of aryl methyl sites for hydroxylation is 1. The Kier molecular flexibility index (Phi) is 5.40. The molecule has 8 heteroatoms. The van der Waals surface area contributed by atoms with E-state index >= 15 is 0 Å².